The highest BCUT2D eigenvalue weighted by Gasteiger charge is 2.03. The Morgan fingerprint density at radius 1 is 1.13 bits per heavy atom. The molecule has 0 saturated heterocycles. The van der Waals surface area contributed by atoms with E-state index in [9.17, 15) is 8.78 Å². The molecule has 0 bridgehead atoms. The van der Waals surface area contributed by atoms with Crippen LogP contribution in [-0.2, 0) is 0 Å². The number of ether oxygens (including phenoxy) is 1. The molecule has 1 aromatic rings. The van der Waals surface area contributed by atoms with Gasteiger partial charge in [-0.15, -0.1) is 0 Å². The molecule has 15 heavy (non-hydrogen) atoms. The van der Waals surface area contributed by atoms with Gasteiger partial charge in [0.2, 0.25) is 0 Å². The Labute approximate surface area is 96.6 Å². The zero-order chi connectivity index (χ0) is 11.1. The second-order valence-electron chi connectivity index (χ2n) is 3.17. The fraction of sp³-hybridized carbons (Fsp3) is 0.455. The fourth-order valence-electron chi connectivity index (χ4n) is 1.15. The smallest absolute Gasteiger partial charge is 0.167 e. The summed E-state index contributed by atoms with van der Waals surface area (Å²) in [5, 5.41) is 0.970. The second-order valence-corrected chi connectivity index (χ2v) is 3.97. The van der Waals surface area contributed by atoms with E-state index in [-0.39, 0.29) is 5.75 Å². The molecule has 0 radical (unpaired) electrons. The first-order valence-corrected chi connectivity index (χ1v) is 6.00. The molecule has 84 valence electrons. The van der Waals surface area contributed by atoms with Gasteiger partial charge in [0.15, 0.2) is 11.6 Å². The van der Waals surface area contributed by atoms with Gasteiger partial charge in [-0.05, 0) is 31.4 Å². The molecule has 1 aromatic carbocycles. The van der Waals surface area contributed by atoms with E-state index in [0.717, 1.165) is 30.7 Å². The fourth-order valence-corrected chi connectivity index (χ4v) is 1.54. The van der Waals surface area contributed by atoms with Crippen LogP contribution in [-0.4, -0.2) is 11.9 Å². The lowest BCUT2D eigenvalue weighted by atomic mass is 10.2. The van der Waals surface area contributed by atoms with Crippen molar-refractivity contribution in [3.63, 3.8) is 0 Å². The van der Waals surface area contributed by atoms with E-state index in [4.69, 9.17) is 4.74 Å². The standard InChI is InChI=1S/C11H13BrF2O/c12-6-2-1-3-7-15-11-5-4-9(13)8-10(11)14/h4-5,8H,1-3,6-7H2. The van der Waals surface area contributed by atoms with E-state index in [1.807, 2.05) is 0 Å². The molecule has 0 aliphatic carbocycles. The summed E-state index contributed by atoms with van der Waals surface area (Å²) in [6.07, 6.45) is 2.99. The molecule has 0 fully saturated rings. The van der Waals surface area contributed by atoms with Crippen molar-refractivity contribution in [1.82, 2.24) is 0 Å². The molecule has 4 heteroatoms. The highest BCUT2D eigenvalue weighted by Crippen LogP contribution is 2.17. The van der Waals surface area contributed by atoms with Gasteiger partial charge in [-0.3, -0.25) is 0 Å². The van der Waals surface area contributed by atoms with Gasteiger partial charge >= 0.3 is 0 Å². The van der Waals surface area contributed by atoms with Crippen molar-refractivity contribution in [2.75, 3.05) is 11.9 Å². The van der Waals surface area contributed by atoms with Crippen LogP contribution in [0.4, 0.5) is 8.78 Å². The molecular formula is C11H13BrF2O. The molecule has 0 aromatic heterocycles. The molecule has 0 spiro atoms. The minimum atomic E-state index is -0.643. The van der Waals surface area contributed by atoms with E-state index >= 15 is 0 Å². The number of rotatable bonds is 6. The number of halogens is 3. The van der Waals surface area contributed by atoms with Gasteiger partial charge in [-0.2, -0.15) is 0 Å². The van der Waals surface area contributed by atoms with Gasteiger partial charge in [-0.1, -0.05) is 15.9 Å². The summed E-state index contributed by atoms with van der Waals surface area (Å²) < 4.78 is 30.8. The van der Waals surface area contributed by atoms with Crippen LogP contribution in [0.2, 0.25) is 0 Å². The minimum absolute atomic E-state index is 0.121. The molecule has 0 heterocycles. The van der Waals surface area contributed by atoms with Crippen molar-refractivity contribution in [3.05, 3.63) is 29.8 Å². The summed E-state index contributed by atoms with van der Waals surface area (Å²) in [7, 11) is 0. The van der Waals surface area contributed by atoms with Crippen LogP contribution in [0.25, 0.3) is 0 Å². The highest BCUT2D eigenvalue weighted by atomic mass is 79.9. The van der Waals surface area contributed by atoms with E-state index in [0.29, 0.717) is 6.61 Å². The first kappa shape index (κ1) is 12.4. The number of benzene rings is 1. The van der Waals surface area contributed by atoms with Crippen LogP contribution < -0.4 is 4.74 Å². The molecule has 0 aliphatic heterocycles. The third kappa shape index (κ3) is 4.60. The lowest BCUT2D eigenvalue weighted by molar-refractivity contribution is 0.291. The first-order chi connectivity index (χ1) is 7.24. The monoisotopic (exact) mass is 278 g/mol. The normalized spacial score (nSPS) is 10.3. The summed E-state index contributed by atoms with van der Waals surface area (Å²) in [5.74, 6) is -1.11. The van der Waals surface area contributed by atoms with Crippen LogP contribution in [0.1, 0.15) is 19.3 Å². The predicted molar refractivity (Wildman–Crippen MR) is 59.5 cm³/mol. The Hall–Kier alpha value is -0.640. The second kappa shape index (κ2) is 6.77. The maximum absolute atomic E-state index is 13.1. The van der Waals surface area contributed by atoms with Gasteiger partial charge in [0, 0.05) is 11.4 Å². The van der Waals surface area contributed by atoms with E-state index in [2.05, 4.69) is 15.9 Å². The van der Waals surface area contributed by atoms with Crippen molar-refractivity contribution < 1.29 is 13.5 Å². The average Bonchev–Trinajstić information content (AvgIpc) is 2.20. The van der Waals surface area contributed by atoms with Gasteiger partial charge in [0.05, 0.1) is 6.61 Å². The van der Waals surface area contributed by atoms with E-state index in [1.54, 1.807) is 0 Å². The zero-order valence-electron chi connectivity index (χ0n) is 8.31. The quantitative estimate of drug-likeness (QED) is 0.566. The number of alkyl halides is 1. The maximum Gasteiger partial charge on any atom is 0.167 e. The molecule has 1 nitrogen and oxygen atoms in total. The van der Waals surface area contributed by atoms with Crippen LogP contribution in [0, 0.1) is 11.6 Å². The van der Waals surface area contributed by atoms with Crippen molar-refractivity contribution >= 4 is 15.9 Å². The summed E-state index contributed by atoms with van der Waals surface area (Å²) in [5.41, 5.74) is 0. The van der Waals surface area contributed by atoms with E-state index in [1.165, 1.54) is 12.1 Å². The Balaban J connectivity index is 2.31. The van der Waals surface area contributed by atoms with Crippen LogP contribution in [0.5, 0.6) is 5.75 Å². The Bertz CT molecular complexity index is 305. The molecule has 0 N–H and O–H groups in total. The Morgan fingerprint density at radius 3 is 2.60 bits per heavy atom. The topological polar surface area (TPSA) is 9.23 Å². The number of hydrogen-bond acceptors (Lipinski definition) is 1. The van der Waals surface area contributed by atoms with Crippen molar-refractivity contribution in [1.29, 1.82) is 0 Å². The number of unbranched alkanes of at least 4 members (excludes halogenated alkanes) is 2. The maximum atomic E-state index is 13.1. The molecule has 0 atom stereocenters. The third-order valence-corrected chi connectivity index (χ3v) is 2.49. The molecule has 0 saturated carbocycles. The summed E-state index contributed by atoms with van der Waals surface area (Å²) in [4.78, 5) is 0. The molecule has 0 amide bonds. The van der Waals surface area contributed by atoms with Crippen molar-refractivity contribution in [2.24, 2.45) is 0 Å². The van der Waals surface area contributed by atoms with Crippen molar-refractivity contribution in [2.45, 2.75) is 19.3 Å². The third-order valence-electron chi connectivity index (χ3n) is 1.93. The van der Waals surface area contributed by atoms with Gasteiger partial charge in [0.25, 0.3) is 0 Å². The zero-order valence-corrected chi connectivity index (χ0v) is 9.90. The SMILES string of the molecule is Fc1ccc(OCCCCCBr)c(F)c1. The largest absolute Gasteiger partial charge is 0.491 e. The van der Waals surface area contributed by atoms with Gasteiger partial charge in [0.1, 0.15) is 5.82 Å². The first-order valence-electron chi connectivity index (χ1n) is 4.88. The van der Waals surface area contributed by atoms with Gasteiger partial charge < -0.3 is 4.74 Å². The highest BCUT2D eigenvalue weighted by molar-refractivity contribution is 9.09. The lowest BCUT2D eigenvalue weighted by Crippen LogP contribution is -1.99. The molecule has 1 rings (SSSR count). The predicted octanol–water partition coefficient (Wildman–Crippen LogP) is 3.91. The molecule has 0 aliphatic rings. The molecule has 0 unspecified atom stereocenters. The van der Waals surface area contributed by atoms with Crippen molar-refractivity contribution in [3.8, 4) is 5.75 Å². The summed E-state index contributed by atoms with van der Waals surface area (Å²) in [6.45, 7) is 0.468. The number of hydrogen-bond donors (Lipinski definition) is 0. The summed E-state index contributed by atoms with van der Waals surface area (Å²) in [6, 6.07) is 3.33. The molecular weight excluding hydrogens is 266 g/mol. The average molecular weight is 279 g/mol. The van der Waals surface area contributed by atoms with Gasteiger partial charge in [-0.25, -0.2) is 8.78 Å². The summed E-state index contributed by atoms with van der Waals surface area (Å²) >= 11 is 3.32. The van der Waals surface area contributed by atoms with Crippen LogP contribution in [0.15, 0.2) is 18.2 Å². The Morgan fingerprint density at radius 2 is 1.93 bits per heavy atom. The Kier molecular flexibility index (Phi) is 5.61. The van der Waals surface area contributed by atoms with Crippen LogP contribution in [0.3, 0.4) is 0 Å². The van der Waals surface area contributed by atoms with Crippen LogP contribution >= 0.6 is 15.9 Å². The lowest BCUT2D eigenvalue weighted by Gasteiger charge is -2.06. The van der Waals surface area contributed by atoms with E-state index < -0.39 is 11.6 Å². The minimum Gasteiger partial charge on any atom is -0.491 e.